The first-order valence-electron chi connectivity index (χ1n) is 16.6. The maximum absolute atomic E-state index is 7.30. The molecule has 4 aliphatic carbocycles. The summed E-state index contributed by atoms with van der Waals surface area (Å²) >= 11 is 0. The lowest BCUT2D eigenvalue weighted by Gasteiger charge is -2.63. The molecule has 4 rings (SSSR count). The molecule has 0 aromatic rings. The van der Waals surface area contributed by atoms with Gasteiger partial charge >= 0.3 is 0 Å². The van der Waals surface area contributed by atoms with Gasteiger partial charge in [0.15, 0.2) is 25.0 Å². The monoisotopic (exact) mass is 638 g/mol. The third-order valence-electron chi connectivity index (χ3n) is 10.8. The highest BCUT2D eigenvalue weighted by molar-refractivity contribution is 6.70. The molecule has 9 atom stereocenters. The summed E-state index contributed by atoms with van der Waals surface area (Å²) in [4.78, 5) is 10.9. The minimum absolute atomic E-state index is 0.178. The van der Waals surface area contributed by atoms with Crippen molar-refractivity contribution in [3.05, 3.63) is 0 Å². The van der Waals surface area contributed by atoms with Crippen LogP contribution in [0.15, 0.2) is 10.3 Å². The van der Waals surface area contributed by atoms with Crippen molar-refractivity contribution in [1.29, 1.82) is 0 Å². The SMILES string of the molecule is CO/N=C/[C@]12C[C@H](O[Si](C)(C)C)[C@H]3[C@@H](CC[C@H]4C[C@@H](O[Si](C)(C)C)CC[C@@]43C)[C@@H]1CC[C@@H]2/C(CO[Si](C)(C)C)=N\OC. The topological polar surface area (TPSA) is 70.9 Å². The van der Waals surface area contributed by atoms with E-state index in [0.717, 1.165) is 18.6 Å². The van der Waals surface area contributed by atoms with Crippen molar-refractivity contribution in [2.75, 3.05) is 20.8 Å². The van der Waals surface area contributed by atoms with Crippen molar-refractivity contribution in [2.24, 2.45) is 50.7 Å². The van der Waals surface area contributed by atoms with E-state index in [4.69, 9.17) is 23.0 Å². The van der Waals surface area contributed by atoms with Crippen LogP contribution in [-0.4, -0.2) is 69.9 Å². The summed E-state index contributed by atoms with van der Waals surface area (Å²) in [6.45, 7) is 24.0. The van der Waals surface area contributed by atoms with Crippen molar-refractivity contribution in [2.45, 2.75) is 129 Å². The normalized spacial score (nSPS) is 39.5. The van der Waals surface area contributed by atoms with Gasteiger partial charge < -0.3 is 23.0 Å². The molecule has 10 heteroatoms. The van der Waals surface area contributed by atoms with Crippen LogP contribution in [0, 0.1) is 40.4 Å². The zero-order valence-corrected chi connectivity index (χ0v) is 31.9. The Morgan fingerprint density at radius 1 is 0.833 bits per heavy atom. The number of oxime groups is 2. The van der Waals surface area contributed by atoms with Crippen LogP contribution in [-0.2, 0) is 23.0 Å². The zero-order chi connectivity index (χ0) is 31.1. The van der Waals surface area contributed by atoms with Gasteiger partial charge in [-0.1, -0.05) is 17.2 Å². The lowest BCUT2D eigenvalue weighted by molar-refractivity contribution is -0.159. The van der Waals surface area contributed by atoms with E-state index in [0.29, 0.717) is 36.4 Å². The Morgan fingerprint density at radius 3 is 2.12 bits per heavy atom. The zero-order valence-electron chi connectivity index (χ0n) is 28.9. The number of fused-ring (bicyclic) bond motifs is 5. The summed E-state index contributed by atoms with van der Waals surface area (Å²) in [5.41, 5.74) is 1.13. The van der Waals surface area contributed by atoms with Gasteiger partial charge in [-0.3, -0.25) is 0 Å². The molecule has 4 fully saturated rings. The average molecular weight is 639 g/mol. The fourth-order valence-corrected chi connectivity index (χ4v) is 12.6. The van der Waals surface area contributed by atoms with E-state index >= 15 is 0 Å². The molecule has 242 valence electrons. The third kappa shape index (κ3) is 7.46. The molecule has 0 saturated heterocycles. The first-order chi connectivity index (χ1) is 19.4. The molecule has 0 spiro atoms. The molecule has 0 aliphatic heterocycles. The molecule has 0 aromatic heterocycles. The second kappa shape index (κ2) is 12.7. The number of hydrogen-bond acceptors (Lipinski definition) is 7. The molecule has 7 nitrogen and oxygen atoms in total. The first kappa shape index (κ1) is 34.3. The van der Waals surface area contributed by atoms with E-state index in [1.165, 1.54) is 38.5 Å². The second-order valence-electron chi connectivity index (χ2n) is 17.0. The van der Waals surface area contributed by atoms with Crippen LogP contribution in [0.3, 0.4) is 0 Å². The molecule has 0 heterocycles. The molecule has 42 heavy (non-hydrogen) atoms. The third-order valence-corrected chi connectivity index (χ3v) is 13.9. The summed E-state index contributed by atoms with van der Waals surface area (Å²) in [5, 5.41) is 9.17. The van der Waals surface area contributed by atoms with Gasteiger partial charge in [-0.2, -0.15) is 0 Å². The van der Waals surface area contributed by atoms with Crippen LogP contribution >= 0.6 is 0 Å². The van der Waals surface area contributed by atoms with Gasteiger partial charge in [-0.15, -0.1) is 0 Å². The van der Waals surface area contributed by atoms with Crippen LogP contribution in [0.2, 0.25) is 58.9 Å². The standard InChI is InChI=1S/C32H62N2O5Si3/c1-31-18-17-24(38-41(7,8)9)19-23(31)13-14-25-26-15-16-27(28(34-36-3)21-37-40(4,5)6)32(26,22-33-35-2)20-29(30(25)31)39-42(10,11)12/h22-27,29-30H,13-21H2,1-12H3/b33-22+,34-28-/t23-,24-,25-,26-,27+,29-,30+,31-,32+/m0/s1. The Bertz CT molecular complexity index is 990. The molecule has 0 aromatic carbocycles. The van der Waals surface area contributed by atoms with Gasteiger partial charge in [-0.05, 0) is 139 Å². The molecule has 0 unspecified atom stereocenters. The summed E-state index contributed by atoms with van der Waals surface area (Å²) in [6, 6.07) is 0. The molecular weight excluding hydrogens is 577 g/mol. The predicted octanol–water partition coefficient (Wildman–Crippen LogP) is 8.16. The van der Waals surface area contributed by atoms with E-state index in [2.05, 4.69) is 82.4 Å². The fourth-order valence-electron chi connectivity index (χ4n) is 9.65. The van der Waals surface area contributed by atoms with E-state index in [-0.39, 0.29) is 22.9 Å². The minimum Gasteiger partial charge on any atom is -0.415 e. The maximum atomic E-state index is 7.30. The first-order valence-corrected chi connectivity index (χ1v) is 26.8. The smallest absolute Gasteiger partial charge is 0.184 e. The minimum atomic E-state index is -1.84. The Hall–Kier alpha value is -0.529. The highest BCUT2D eigenvalue weighted by Gasteiger charge is 2.66. The van der Waals surface area contributed by atoms with E-state index in [1.54, 1.807) is 14.2 Å². The highest BCUT2D eigenvalue weighted by atomic mass is 28.4. The summed E-state index contributed by atoms with van der Waals surface area (Å²) in [5.74, 6) is 2.60. The number of hydrogen-bond donors (Lipinski definition) is 0. The Balaban J connectivity index is 1.73. The summed E-state index contributed by atoms with van der Waals surface area (Å²) < 4.78 is 20.5. The van der Waals surface area contributed by atoms with Crippen molar-refractivity contribution < 1.29 is 23.0 Å². The molecule has 4 aliphatic rings. The van der Waals surface area contributed by atoms with Crippen molar-refractivity contribution in [3.63, 3.8) is 0 Å². The Labute approximate surface area is 260 Å². The Kier molecular flexibility index (Phi) is 10.4. The molecule has 0 amide bonds. The molecule has 0 N–H and O–H groups in total. The van der Waals surface area contributed by atoms with Gasteiger partial charge in [0.2, 0.25) is 0 Å². The van der Waals surface area contributed by atoms with Crippen molar-refractivity contribution >= 4 is 36.9 Å². The second-order valence-corrected chi connectivity index (χ2v) is 30.4. The molecule has 4 saturated carbocycles. The quantitative estimate of drug-likeness (QED) is 0.130. The molecule has 0 bridgehead atoms. The summed E-state index contributed by atoms with van der Waals surface area (Å²) in [6.07, 6.45) is 12.2. The average Bonchev–Trinajstić information content (AvgIpc) is 3.22. The lowest BCUT2D eigenvalue weighted by atomic mass is 9.43. The van der Waals surface area contributed by atoms with Crippen molar-refractivity contribution in [1.82, 2.24) is 0 Å². The van der Waals surface area contributed by atoms with Gasteiger partial charge in [0.1, 0.15) is 14.2 Å². The highest BCUT2D eigenvalue weighted by Crippen LogP contribution is 2.68. The Morgan fingerprint density at radius 2 is 1.52 bits per heavy atom. The predicted molar refractivity (Wildman–Crippen MR) is 181 cm³/mol. The van der Waals surface area contributed by atoms with Crippen LogP contribution in [0.5, 0.6) is 0 Å². The van der Waals surface area contributed by atoms with E-state index in [1.807, 2.05) is 0 Å². The van der Waals surface area contributed by atoms with Crippen LogP contribution in [0.25, 0.3) is 0 Å². The van der Waals surface area contributed by atoms with Crippen LogP contribution in [0.4, 0.5) is 0 Å². The summed E-state index contributed by atoms with van der Waals surface area (Å²) in [7, 11) is -1.81. The van der Waals surface area contributed by atoms with Crippen LogP contribution < -0.4 is 0 Å². The molecule has 0 radical (unpaired) electrons. The van der Waals surface area contributed by atoms with Crippen LogP contribution in [0.1, 0.15) is 58.3 Å². The van der Waals surface area contributed by atoms with Crippen molar-refractivity contribution in [3.8, 4) is 0 Å². The molecular formula is C32H62N2O5Si3. The number of nitrogens with zero attached hydrogens (tertiary/aromatic N) is 2. The van der Waals surface area contributed by atoms with Gasteiger partial charge in [0.05, 0.1) is 18.5 Å². The number of rotatable bonds is 11. The van der Waals surface area contributed by atoms with E-state index < -0.39 is 25.0 Å². The van der Waals surface area contributed by atoms with Gasteiger partial charge in [0, 0.05) is 23.5 Å². The van der Waals surface area contributed by atoms with Gasteiger partial charge in [0.25, 0.3) is 0 Å². The maximum Gasteiger partial charge on any atom is 0.184 e. The van der Waals surface area contributed by atoms with E-state index in [9.17, 15) is 0 Å². The fraction of sp³-hybridized carbons (Fsp3) is 0.938. The van der Waals surface area contributed by atoms with Gasteiger partial charge in [-0.25, -0.2) is 0 Å². The lowest BCUT2D eigenvalue weighted by Crippen LogP contribution is -2.62. The largest absolute Gasteiger partial charge is 0.415 e.